The molecule has 86 valence electrons. The van der Waals surface area contributed by atoms with Gasteiger partial charge in [0, 0.05) is 7.05 Å². The van der Waals surface area contributed by atoms with E-state index in [1.807, 2.05) is 17.9 Å². The van der Waals surface area contributed by atoms with Crippen LogP contribution < -0.4 is 5.32 Å². The lowest BCUT2D eigenvalue weighted by Gasteiger charge is -2.33. The molecule has 1 N–H and O–H groups in total. The molecule has 0 spiro atoms. The summed E-state index contributed by atoms with van der Waals surface area (Å²) < 4.78 is 1.85. The normalized spacial score (nSPS) is 14.2. The van der Waals surface area contributed by atoms with Crippen molar-refractivity contribution in [1.82, 2.24) is 20.3 Å². The molecule has 0 saturated heterocycles. The topological polar surface area (TPSA) is 42.7 Å². The molecular weight excluding hydrogens is 188 g/mol. The van der Waals surface area contributed by atoms with Gasteiger partial charge < -0.3 is 5.32 Å². The maximum atomic E-state index is 3.99. The Morgan fingerprint density at radius 3 is 2.53 bits per heavy atom. The Bertz CT molecular complexity index is 303. The van der Waals surface area contributed by atoms with E-state index in [0.717, 1.165) is 18.7 Å². The van der Waals surface area contributed by atoms with Gasteiger partial charge in [0.1, 0.15) is 0 Å². The summed E-state index contributed by atoms with van der Waals surface area (Å²) in [4.78, 5) is 0. The highest BCUT2D eigenvalue weighted by atomic mass is 15.4. The minimum Gasteiger partial charge on any atom is -0.308 e. The van der Waals surface area contributed by atoms with Crippen LogP contribution in [-0.4, -0.2) is 21.5 Å². The molecule has 1 heterocycles. The fraction of sp³-hybridized carbons (Fsp3) is 0.818. The molecule has 1 unspecified atom stereocenters. The molecule has 4 nitrogen and oxygen atoms in total. The Balaban J connectivity index is 2.98. The second-order valence-electron chi connectivity index (χ2n) is 4.62. The van der Waals surface area contributed by atoms with Gasteiger partial charge in [-0.2, -0.15) is 0 Å². The molecule has 1 atom stereocenters. The Kier molecular flexibility index (Phi) is 3.85. The van der Waals surface area contributed by atoms with Crippen molar-refractivity contribution in [1.29, 1.82) is 0 Å². The summed E-state index contributed by atoms with van der Waals surface area (Å²) in [6, 6.07) is 0.312. The minimum atomic E-state index is 0.214. The summed E-state index contributed by atoms with van der Waals surface area (Å²) in [5.74, 6) is 0. The van der Waals surface area contributed by atoms with E-state index in [0.29, 0.717) is 6.04 Å². The molecule has 0 saturated carbocycles. The van der Waals surface area contributed by atoms with Gasteiger partial charge in [-0.15, -0.1) is 5.10 Å². The highest BCUT2D eigenvalue weighted by Crippen LogP contribution is 2.35. The van der Waals surface area contributed by atoms with Crippen molar-refractivity contribution in [2.45, 2.75) is 40.2 Å². The molecule has 0 aromatic carbocycles. The zero-order chi connectivity index (χ0) is 11.5. The molecule has 15 heavy (non-hydrogen) atoms. The molecule has 0 amide bonds. The van der Waals surface area contributed by atoms with Gasteiger partial charge in [0.2, 0.25) is 0 Å². The van der Waals surface area contributed by atoms with Crippen LogP contribution in [0.5, 0.6) is 0 Å². The fourth-order valence-electron chi connectivity index (χ4n) is 1.75. The Morgan fingerprint density at radius 1 is 1.47 bits per heavy atom. The average Bonchev–Trinajstić information content (AvgIpc) is 2.60. The molecule has 4 heteroatoms. The molecule has 0 bridgehead atoms. The van der Waals surface area contributed by atoms with Gasteiger partial charge in [0.15, 0.2) is 0 Å². The maximum Gasteiger partial charge on any atom is 0.0758 e. The molecule has 1 aromatic heterocycles. The van der Waals surface area contributed by atoms with E-state index in [4.69, 9.17) is 0 Å². The zero-order valence-corrected chi connectivity index (χ0v) is 10.4. The first-order chi connectivity index (χ1) is 7.03. The third kappa shape index (κ3) is 2.56. The lowest BCUT2D eigenvalue weighted by atomic mass is 9.80. The lowest BCUT2D eigenvalue weighted by Crippen LogP contribution is -2.35. The van der Waals surface area contributed by atoms with E-state index in [1.165, 1.54) is 0 Å². The van der Waals surface area contributed by atoms with E-state index in [2.05, 4.69) is 43.3 Å². The Hall–Kier alpha value is -0.900. The number of nitrogens with zero attached hydrogens (tertiary/aromatic N) is 3. The molecule has 0 aliphatic rings. The smallest absolute Gasteiger partial charge is 0.0758 e. The van der Waals surface area contributed by atoms with Crippen LogP contribution in [0.3, 0.4) is 0 Å². The van der Waals surface area contributed by atoms with Crippen molar-refractivity contribution in [3.63, 3.8) is 0 Å². The summed E-state index contributed by atoms with van der Waals surface area (Å²) in [6.07, 6.45) is 2.97. The van der Waals surface area contributed by atoms with Gasteiger partial charge in [-0.25, -0.2) is 0 Å². The van der Waals surface area contributed by atoms with Gasteiger partial charge in [-0.3, -0.25) is 4.68 Å². The van der Waals surface area contributed by atoms with Crippen LogP contribution in [0.25, 0.3) is 0 Å². The number of aromatic nitrogens is 3. The fourth-order valence-corrected chi connectivity index (χ4v) is 1.75. The predicted octanol–water partition coefficient (Wildman–Crippen LogP) is 1.90. The number of hydrogen-bond acceptors (Lipinski definition) is 3. The van der Waals surface area contributed by atoms with E-state index in [9.17, 15) is 0 Å². The third-order valence-electron chi connectivity index (χ3n) is 3.15. The van der Waals surface area contributed by atoms with Crippen molar-refractivity contribution < 1.29 is 0 Å². The van der Waals surface area contributed by atoms with Crippen molar-refractivity contribution in [3.8, 4) is 0 Å². The second kappa shape index (κ2) is 4.75. The standard InChI is InChI=1S/C11H22N4/c1-6-11(3,4)10(12-7-2)9-8-13-14-15(9)5/h8,10,12H,6-7H2,1-5H3. The molecule has 1 rings (SSSR count). The zero-order valence-electron chi connectivity index (χ0n) is 10.4. The van der Waals surface area contributed by atoms with Crippen molar-refractivity contribution in [2.75, 3.05) is 6.54 Å². The summed E-state index contributed by atoms with van der Waals surface area (Å²) >= 11 is 0. The van der Waals surface area contributed by atoms with Gasteiger partial charge in [0.25, 0.3) is 0 Å². The summed E-state index contributed by atoms with van der Waals surface area (Å²) in [5.41, 5.74) is 1.37. The quantitative estimate of drug-likeness (QED) is 0.807. The molecule has 0 fully saturated rings. The Labute approximate surface area is 92.1 Å². The monoisotopic (exact) mass is 210 g/mol. The van der Waals surface area contributed by atoms with Gasteiger partial charge in [0.05, 0.1) is 17.9 Å². The van der Waals surface area contributed by atoms with Crippen LogP contribution in [-0.2, 0) is 7.05 Å². The van der Waals surface area contributed by atoms with Crippen LogP contribution in [0.1, 0.15) is 45.9 Å². The van der Waals surface area contributed by atoms with Crippen molar-refractivity contribution in [2.24, 2.45) is 12.5 Å². The molecule has 0 aliphatic heterocycles. The van der Waals surface area contributed by atoms with E-state index >= 15 is 0 Å². The summed E-state index contributed by atoms with van der Waals surface area (Å²) in [5, 5.41) is 11.5. The lowest BCUT2D eigenvalue weighted by molar-refractivity contribution is 0.228. The van der Waals surface area contributed by atoms with Crippen LogP contribution in [0.4, 0.5) is 0 Å². The minimum absolute atomic E-state index is 0.214. The van der Waals surface area contributed by atoms with Crippen molar-refractivity contribution in [3.05, 3.63) is 11.9 Å². The molecule has 0 aliphatic carbocycles. The van der Waals surface area contributed by atoms with Gasteiger partial charge >= 0.3 is 0 Å². The van der Waals surface area contributed by atoms with Crippen molar-refractivity contribution >= 4 is 0 Å². The van der Waals surface area contributed by atoms with Crippen LogP contribution in [0.15, 0.2) is 6.20 Å². The van der Waals surface area contributed by atoms with Crippen LogP contribution in [0, 0.1) is 5.41 Å². The molecule has 0 radical (unpaired) electrons. The first-order valence-electron chi connectivity index (χ1n) is 5.61. The SMILES string of the molecule is CCNC(c1cnnn1C)C(C)(C)CC. The molecule has 1 aromatic rings. The van der Waals surface area contributed by atoms with Gasteiger partial charge in [-0.1, -0.05) is 32.9 Å². The number of aryl methyl sites for hydroxylation is 1. The maximum absolute atomic E-state index is 3.99. The highest BCUT2D eigenvalue weighted by Gasteiger charge is 2.30. The Morgan fingerprint density at radius 2 is 2.13 bits per heavy atom. The number of hydrogen-bond donors (Lipinski definition) is 1. The van der Waals surface area contributed by atoms with E-state index in [-0.39, 0.29) is 5.41 Å². The van der Waals surface area contributed by atoms with E-state index in [1.54, 1.807) is 0 Å². The number of rotatable bonds is 5. The molecular formula is C11H22N4. The number of nitrogens with one attached hydrogen (secondary N) is 1. The largest absolute Gasteiger partial charge is 0.308 e. The van der Waals surface area contributed by atoms with Crippen LogP contribution >= 0.6 is 0 Å². The third-order valence-corrected chi connectivity index (χ3v) is 3.15. The predicted molar refractivity (Wildman–Crippen MR) is 61.5 cm³/mol. The summed E-state index contributed by atoms with van der Waals surface area (Å²) in [6.45, 7) is 9.84. The first-order valence-corrected chi connectivity index (χ1v) is 5.61. The average molecular weight is 210 g/mol. The summed E-state index contributed by atoms with van der Waals surface area (Å²) in [7, 11) is 1.94. The second-order valence-corrected chi connectivity index (χ2v) is 4.62. The van der Waals surface area contributed by atoms with E-state index < -0.39 is 0 Å². The first kappa shape index (κ1) is 12.2. The van der Waals surface area contributed by atoms with Gasteiger partial charge in [-0.05, 0) is 18.4 Å². The van der Waals surface area contributed by atoms with Crippen LogP contribution in [0.2, 0.25) is 0 Å². The highest BCUT2D eigenvalue weighted by molar-refractivity contribution is 5.06.